The highest BCUT2D eigenvalue weighted by Crippen LogP contribution is 2.26. The number of imidazole rings is 1. The molecule has 7 nitrogen and oxygen atoms in total. The van der Waals surface area contributed by atoms with Crippen LogP contribution < -0.4 is 10.6 Å². The highest BCUT2D eigenvalue weighted by molar-refractivity contribution is 7.22. The van der Waals surface area contributed by atoms with Crippen LogP contribution in [0, 0.1) is 11.3 Å². The molecule has 0 atom stereocenters. The van der Waals surface area contributed by atoms with Crippen molar-refractivity contribution in [3.63, 3.8) is 0 Å². The van der Waals surface area contributed by atoms with Crippen LogP contribution in [0.1, 0.15) is 11.4 Å². The SMILES string of the molecule is N#Cc1ccc2sc(NC(=O)NCc3nc4ccccc4[nH]3)nc2c1. The fourth-order valence-corrected chi connectivity index (χ4v) is 3.29. The number of hydrogen-bond donors (Lipinski definition) is 3. The Morgan fingerprint density at radius 2 is 2.08 bits per heavy atom. The number of urea groups is 1. The van der Waals surface area contributed by atoms with Crippen molar-refractivity contribution in [1.29, 1.82) is 5.26 Å². The quantitative estimate of drug-likeness (QED) is 0.527. The molecule has 2 amide bonds. The first-order chi connectivity index (χ1) is 12.2. The van der Waals surface area contributed by atoms with E-state index in [1.165, 1.54) is 11.3 Å². The van der Waals surface area contributed by atoms with Crippen molar-refractivity contribution in [3.05, 3.63) is 53.9 Å². The molecule has 25 heavy (non-hydrogen) atoms. The summed E-state index contributed by atoms with van der Waals surface area (Å²) in [5, 5.41) is 14.8. The summed E-state index contributed by atoms with van der Waals surface area (Å²) in [4.78, 5) is 23.9. The van der Waals surface area contributed by atoms with Gasteiger partial charge in [0.2, 0.25) is 0 Å². The zero-order chi connectivity index (χ0) is 17.2. The van der Waals surface area contributed by atoms with Crippen LogP contribution in [-0.4, -0.2) is 21.0 Å². The lowest BCUT2D eigenvalue weighted by Gasteiger charge is -2.02. The third kappa shape index (κ3) is 3.13. The van der Waals surface area contributed by atoms with E-state index in [4.69, 9.17) is 5.26 Å². The minimum atomic E-state index is -0.361. The van der Waals surface area contributed by atoms with Gasteiger partial charge in [-0.25, -0.2) is 14.8 Å². The van der Waals surface area contributed by atoms with E-state index in [0.29, 0.717) is 22.0 Å². The minimum Gasteiger partial charge on any atom is -0.340 e. The summed E-state index contributed by atoms with van der Waals surface area (Å²) in [6.45, 7) is 0.282. The molecule has 0 unspecified atom stereocenters. The monoisotopic (exact) mass is 348 g/mol. The van der Waals surface area contributed by atoms with E-state index in [-0.39, 0.29) is 12.6 Å². The third-order valence-corrected chi connectivity index (χ3v) is 4.54. The van der Waals surface area contributed by atoms with E-state index in [2.05, 4.69) is 31.7 Å². The first kappa shape index (κ1) is 15.1. The lowest BCUT2D eigenvalue weighted by molar-refractivity contribution is 0.251. The van der Waals surface area contributed by atoms with E-state index in [0.717, 1.165) is 15.7 Å². The molecule has 0 fully saturated rings. The molecule has 0 saturated heterocycles. The van der Waals surface area contributed by atoms with Crippen LogP contribution in [0.2, 0.25) is 0 Å². The maximum Gasteiger partial charge on any atom is 0.321 e. The van der Waals surface area contributed by atoms with Crippen molar-refractivity contribution < 1.29 is 4.79 Å². The van der Waals surface area contributed by atoms with Gasteiger partial charge in [0.25, 0.3) is 0 Å². The summed E-state index contributed by atoms with van der Waals surface area (Å²) < 4.78 is 0.909. The van der Waals surface area contributed by atoms with E-state index in [1.807, 2.05) is 30.3 Å². The first-order valence-corrected chi connectivity index (χ1v) is 8.32. The molecule has 0 radical (unpaired) electrons. The van der Waals surface area contributed by atoms with Crippen LogP contribution >= 0.6 is 11.3 Å². The number of thiazole rings is 1. The Balaban J connectivity index is 1.42. The smallest absolute Gasteiger partial charge is 0.321 e. The van der Waals surface area contributed by atoms with Gasteiger partial charge in [0.1, 0.15) is 5.82 Å². The molecule has 0 spiro atoms. The number of nitrogens with zero attached hydrogens (tertiary/aromatic N) is 3. The number of H-pyrrole nitrogens is 1. The molecule has 4 rings (SSSR count). The second-order valence-corrected chi connectivity index (χ2v) is 6.35. The second-order valence-electron chi connectivity index (χ2n) is 5.32. The molecule has 0 aliphatic rings. The number of hydrogen-bond acceptors (Lipinski definition) is 5. The highest BCUT2D eigenvalue weighted by Gasteiger charge is 2.09. The Bertz CT molecular complexity index is 1090. The van der Waals surface area contributed by atoms with Gasteiger partial charge in [-0.3, -0.25) is 5.32 Å². The molecule has 3 N–H and O–H groups in total. The van der Waals surface area contributed by atoms with Crippen LogP contribution in [0.25, 0.3) is 21.3 Å². The lowest BCUT2D eigenvalue weighted by atomic mass is 10.2. The maximum absolute atomic E-state index is 12.1. The molecule has 2 heterocycles. The maximum atomic E-state index is 12.1. The van der Waals surface area contributed by atoms with E-state index >= 15 is 0 Å². The number of aromatic nitrogens is 3. The Labute approximate surface area is 146 Å². The van der Waals surface area contributed by atoms with Crippen LogP contribution in [0.3, 0.4) is 0 Å². The van der Waals surface area contributed by atoms with Gasteiger partial charge in [-0.15, -0.1) is 0 Å². The van der Waals surface area contributed by atoms with Crippen LogP contribution in [-0.2, 0) is 6.54 Å². The number of anilines is 1. The zero-order valence-electron chi connectivity index (χ0n) is 12.9. The number of rotatable bonds is 3. The Kier molecular flexibility index (Phi) is 3.76. The number of carbonyl (C=O) groups excluding carboxylic acids is 1. The Hall–Kier alpha value is -3.44. The topological polar surface area (TPSA) is 106 Å². The van der Waals surface area contributed by atoms with Crippen LogP contribution in [0.5, 0.6) is 0 Å². The predicted octanol–water partition coefficient (Wildman–Crippen LogP) is 3.37. The number of nitriles is 1. The van der Waals surface area contributed by atoms with E-state index in [9.17, 15) is 4.79 Å². The van der Waals surface area contributed by atoms with Gasteiger partial charge in [-0.2, -0.15) is 5.26 Å². The number of aromatic amines is 1. The van der Waals surface area contributed by atoms with Crippen molar-refractivity contribution in [2.45, 2.75) is 6.54 Å². The summed E-state index contributed by atoms with van der Waals surface area (Å²) in [7, 11) is 0. The third-order valence-electron chi connectivity index (χ3n) is 3.59. The normalized spacial score (nSPS) is 10.7. The van der Waals surface area contributed by atoms with Crippen molar-refractivity contribution in [2.24, 2.45) is 0 Å². The van der Waals surface area contributed by atoms with Gasteiger partial charge < -0.3 is 10.3 Å². The van der Waals surface area contributed by atoms with Gasteiger partial charge in [-0.05, 0) is 30.3 Å². The summed E-state index contributed by atoms with van der Waals surface area (Å²) >= 11 is 1.35. The summed E-state index contributed by atoms with van der Waals surface area (Å²) in [6.07, 6.45) is 0. The second kappa shape index (κ2) is 6.22. The number of nitrogens with one attached hydrogen (secondary N) is 3. The lowest BCUT2D eigenvalue weighted by Crippen LogP contribution is -2.28. The van der Waals surface area contributed by atoms with Crippen LogP contribution in [0.15, 0.2) is 42.5 Å². The van der Waals surface area contributed by atoms with Crippen molar-refractivity contribution >= 4 is 43.7 Å². The molecule has 122 valence electrons. The molecule has 4 aromatic rings. The molecule has 2 aromatic carbocycles. The molecule has 0 bridgehead atoms. The highest BCUT2D eigenvalue weighted by atomic mass is 32.1. The van der Waals surface area contributed by atoms with Gasteiger partial charge in [0.15, 0.2) is 5.13 Å². The van der Waals surface area contributed by atoms with Gasteiger partial charge in [-0.1, -0.05) is 23.5 Å². The fourth-order valence-electron chi connectivity index (χ4n) is 2.45. The average molecular weight is 348 g/mol. The first-order valence-electron chi connectivity index (χ1n) is 7.50. The molecule has 8 heteroatoms. The number of para-hydroxylation sites is 2. The molecule has 0 saturated carbocycles. The Morgan fingerprint density at radius 1 is 1.20 bits per heavy atom. The summed E-state index contributed by atoms with van der Waals surface area (Å²) in [5.41, 5.74) is 3.02. The largest absolute Gasteiger partial charge is 0.340 e. The van der Waals surface area contributed by atoms with Crippen molar-refractivity contribution in [1.82, 2.24) is 20.3 Å². The van der Waals surface area contributed by atoms with E-state index < -0.39 is 0 Å². The Morgan fingerprint density at radius 3 is 2.92 bits per heavy atom. The number of fused-ring (bicyclic) bond motifs is 2. The van der Waals surface area contributed by atoms with Crippen molar-refractivity contribution in [2.75, 3.05) is 5.32 Å². The van der Waals surface area contributed by atoms with Gasteiger partial charge in [0, 0.05) is 0 Å². The zero-order valence-corrected chi connectivity index (χ0v) is 13.7. The standard InChI is InChI=1S/C17H12N6OS/c18-8-10-5-6-14-13(7-10)22-17(25-14)23-16(24)19-9-15-20-11-3-1-2-4-12(11)21-15/h1-7H,9H2,(H,20,21)(H2,19,22,23,24). The number of amides is 2. The van der Waals surface area contributed by atoms with Gasteiger partial charge in [0.05, 0.1) is 39.4 Å². The number of carbonyl (C=O) groups is 1. The molecular weight excluding hydrogens is 336 g/mol. The van der Waals surface area contributed by atoms with E-state index in [1.54, 1.807) is 12.1 Å². The summed E-state index contributed by atoms with van der Waals surface area (Å²) in [6, 6.07) is 14.6. The fraction of sp³-hybridized carbons (Fsp3) is 0.0588. The summed E-state index contributed by atoms with van der Waals surface area (Å²) in [5.74, 6) is 0.680. The molecule has 0 aliphatic heterocycles. The molecule has 0 aliphatic carbocycles. The van der Waals surface area contributed by atoms with Crippen molar-refractivity contribution in [3.8, 4) is 6.07 Å². The van der Waals surface area contributed by atoms with Gasteiger partial charge >= 0.3 is 6.03 Å². The minimum absolute atomic E-state index is 0.282. The number of benzene rings is 2. The predicted molar refractivity (Wildman–Crippen MR) is 96.3 cm³/mol. The molecule has 2 aromatic heterocycles. The average Bonchev–Trinajstić information content (AvgIpc) is 3.21. The van der Waals surface area contributed by atoms with Crippen LogP contribution in [0.4, 0.5) is 9.93 Å². The molecular formula is C17H12N6OS.